The van der Waals surface area contributed by atoms with Crippen LogP contribution in [0.25, 0.3) is 11.3 Å². The maximum atomic E-state index is 12.3. The van der Waals surface area contributed by atoms with E-state index in [1.807, 2.05) is 37.3 Å². The van der Waals surface area contributed by atoms with Gasteiger partial charge in [-0.1, -0.05) is 29.8 Å². The average molecular weight is 393 g/mol. The van der Waals surface area contributed by atoms with Crippen LogP contribution in [0.5, 0.6) is 11.5 Å². The van der Waals surface area contributed by atoms with Crippen LogP contribution < -0.4 is 20.3 Å². The third kappa shape index (κ3) is 5.01. The molecule has 7 heteroatoms. The van der Waals surface area contributed by atoms with Gasteiger partial charge in [0.15, 0.2) is 11.5 Å². The van der Waals surface area contributed by atoms with Crippen molar-refractivity contribution in [3.8, 4) is 22.8 Å². The molecule has 0 saturated heterocycles. The lowest BCUT2D eigenvalue weighted by Crippen LogP contribution is -2.33. The maximum absolute atomic E-state index is 12.3. The van der Waals surface area contributed by atoms with Crippen molar-refractivity contribution in [2.24, 2.45) is 0 Å². The van der Waals surface area contributed by atoms with Crippen molar-refractivity contribution >= 4 is 5.91 Å². The normalized spacial score (nSPS) is 10.4. The smallest absolute Gasteiger partial charge is 0.267 e. The Labute approximate surface area is 168 Å². The van der Waals surface area contributed by atoms with Crippen LogP contribution in [0.4, 0.5) is 0 Å². The number of aryl methyl sites for hydroxylation is 1. The van der Waals surface area contributed by atoms with Gasteiger partial charge in [-0.15, -0.1) is 0 Å². The van der Waals surface area contributed by atoms with E-state index in [2.05, 4.69) is 10.4 Å². The summed E-state index contributed by atoms with van der Waals surface area (Å²) in [4.78, 5) is 24.4. The Kier molecular flexibility index (Phi) is 6.29. The molecule has 0 bridgehead atoms. The SMILES string of the molecule is COc1ccc(-c2ccc(=O)n(CC(=O)NCc3ccc(C)cc3)n2)cc1OC. The van der Waals surface area contributed by atoms with Gasteiger partial charge in [0.1, 0.15) is 6.54 Å². The van der Waals surface area contributed by atoms with Gasteiger partial charge in [-0.2, -0.15) is 5.10 Å². The first kappa shape index (κ1) is 20.1. The van der Waals surface area contributed by atoms with E-state index < -0.39 is 0 Å². The molecule has 0 aliphatic heterocycles. The molecule has 0 spiro atoms. The molecule has 7 nitrogen and oxygen atoms in total. The van der Waals surface area contributed by atoms with Gasteiger partial charge in [0, 0.05) is 18.2 Å². The minimum absolute atomic E-state index is 0.161. The molecule has 29 heavy (non-hydrogen) atoms. The second-order valence-electron chi connectivity index (χ2n) is 6.55. The number of amides is 1. The zero-order valence-electron chi connectivity index (χ0n) is 16.6. The number of aromatic nitrogens is 2. The van der Waals surface area contributed by atoms with Crippen LogP contribution in [0, 0.1) is 6.92 Å². The number of hydrogen-bond acceptors (Lipinski definition) is 5. The van der Waals surface area contributed by atoms with E-state index in [1.54, 1.807) is 32.4 Å². The highest BCUT2D eigenvalue weighted by Crippen LogP contribution is 2.31. The molecule has 0 saturated carbocycles. The summed E-state index contributed by atoms with van der Waals surface area (Å²) in [5.74, 6) is 0.866. The summed E-state index contributed by atoms with van der Waals surface area (Å²) in [7, 11) is 3.11. The number of hydrogen-bond donors (Lipinski definition) is 1. The van der Waals surface area contributed by atoms with Gasteiger partial charge < -0.3 is 14.8 Å². The van der Waals surface area contributed by atoms with E-state index in [-0.39, 0.29) is 18.0 Å². The number of nitrogens with one attached hydrogen (secondary N) is 1. The molecule has 0 aliphatic carbocycles. The number of nitrogens with zero attached hydrogens (tertiary/aromatic N) is 2. The Morgan fingerprint density at radius 3 is 2.41 bits per heavy atom. The van der Waals surface area contributed by atoms with Gasteiger partial charge in [-0.25, -0.2) is 4.68 Å². The molecule has 2 aromatic carbocycles. The molecule has 0 aliphatic rings. The van der Waals surface area contributed by atoms with Crippen molar-refractivity contribution in [2.75, 3.05) is 14.2 Å². The van der Waals surface area contributed by atoms with Crippen molar-refractivity contribution in [3.05, 3.63) is 76.1 Å². The molecule has 0 atom stereocenters. The summed E-state index contributed by atoms with van der Waals surface area (Å²) in [5, 5.41) is 7.14. The highest BCUT2D eigenvalue weighted by atomic mass is 16.5. The second kappa shape index (κ2) is 9.05. The van der Waals surface area contributed by atoms with Crippen LogP contribution in [0.2, 0.25) is 0 Å². The van der Waals surface area contributed by atoms with Crippen LogP contribution in [0.1, 0.15) is 11.1 Å². The number of methoxy groups -OCH3 is 2. The van der Waals surface area contributed by atoms with Gasteiger partial charge in [-0.3, -0.25) is 9.59 Å². The van der Waals surface area contributed by atoms with E-state index in [4.69, 9.17) is 9.47 Å². The highest BCUT2D eigenvalue weighted by Gasteiger charge is 2.11. The van der Waals surface area contributed by atoms with Crippen LogP contribution in [-0.2, 0) is 17.9 Å². The van der Waals surface area contributed by atoms with Gasteiger partial charge in [0.2, 0.25) is 5.91 Å². The van der Waals surface area contributed by atoms with Crippen molar-refractivity contribution in [2.45, 2.75) is 20.0 Å². The highest BCUT2D eigenvalue weighted by molar-refractivity contribution is 5.75. The standard InChI is InChI=1S/C22H23N3O4/c1-15-4-6-16(7-5-15)13-23-21(26)14-25-22(27)11-9-18(24-25)17-8-10-19(28-2)20(12-17)29-3/h4-12H,13-14H2,1-3H3,(H,23,26). The predicted molar refractivity (Wildman–Crippen MR) is 110 cm³/mol. The molecule has 1 heterocycles. The zero-order chi connectivity index (χ0) is 20.8. The van der Waals surface area contributed by atoms with Gasteiger partial charge in [0.05, 0.1) is 19.9 Å². The summed E-state index contributed by atoms with van der Waals surface area (Å²) in [5.41, 5.74) is 3.10. The molecule has 0 fully saturated rings. The van der Waals surface area contributed by atoms with Crippen LogP contribution in [0.15, 0.2) is 59.4 Å². The number of ether oxygens (including phenoxy) is 2. The van der Waals surface area contributed by atoms with Crippen molar-refractivity contribution in [1.82, 2.24) is 15.1 Å². The monoisotopic (exact) mass is 393 g/mol. The number of carbonyl (C=O) groups excluding carboxylic acids is 1. The Bertz CT molecular complexity index is 1060. The fourth-order valence-electron chi connectivity index (χ4n) is 2.81. The quantitative estimate of drug-likeness (QED) is 0.667. The number of rotatable bonds is 7. The van der Waals surface area contributed by atoms with Crippen LogP contribution in [0.3, 0.4) is 0 Å². The first-order valence-corrected chi connectivity index (χ1v) is 9.13. The Morgan fingerprint density at radius 2 is 1.72 bits per heavy atom. The summed E-state index contributed by atoms with van der Waals surface area (Å²) >= 11 is 0. The van der Waals surface area contributed by atoms with Crippen molar-refractivity contribution in [1.29, 1.82) is 0 Å². The molecule has 0 radical (unpaired) electrons. The predicted octanol–water partition coefficient (Wildman–Crippen LogP) is 2.55. The Morgan fingerprint density at radius 1 is 1.00 bits per heavy atom. The molecular weight excluding hydrogens is 370 g/mol. The largest absolute Gasteiger partial charge is 0.493 e. The van der Waals surface area contributed by atoms with Crippen molar-refractivity contribution in [3.63, 3.8) is 0 Å². The summed E-state index contributed by atoms with van der Waals surface area (Å²) in [6.45, 7) is 2.24. The van der Waals surface area contributed by atoms with E-state index >= 15 is 0 Å². The average Bonchev–Trinajstić information content (AvgIpc) is 2.74. The van der Waals surface area contributed by atoms with Gasteiger partial charge in [0.25, 0.3) is 5.56 Å². The molecule has 1 aromatic heterocycles. The molecule has 3 aromatic rings. The van der Waals surface area contributed by atoms with Gasteiger partial charge >= 0.3 is 0 Å². The summed E-state index contributed by atoms with van der Waals surface area (Å²) in [6.07, 6.45) is 0. The van der Waals surface area contributed by atoms with E-state index in [0.29, 0.717) is 23.7 Å². The third-order valence-electron chi connectivity index (χ3n) is 4.45. The molecule has 150 valence electrons. The molecular formula is C22H23N3O4. The fraction of sp³-hybridized carbons (Fsp3) is 0.227. The minimum atomic E-state index is -0.347. The lowest BCUT2D eigenvalue weighted by Gasteiger charge is -2.11. The zero-order valence-corrected chi connectivity index (χ0v) is 16.6. The first-order valence-electron chi connectivity index (χ1n) is 9.13. The van der Waals surface area contributed by atoms with E-state index in [1.165, 1.54) is 6.07 Å². The summed E-state index contributed by atoms with van der Waals surface area (Å²) < 4.78 is 11.7. The lowest BCUT2D eigenvalue weighted by atomic mass is 10.1. The number of benzene rings is 2. The lowest BCUT2D eigenvalue weighted by molar-refractivity contribution is -0.122. The van der Waals surface area contributed by atoms with Gasteiger partial charge in [-0.05, 0) is 36.8 Å². The van der Waals surface area contributed by atoms with Crippen LogP contribution >= 0.6 is 0 Å². The van der Waals surface area contributed by atoms with Crippen LogP contribution in [-0.4, -0.2) is 29.9 Å². The molecule has 0 unspecified atom stereocenters. The van der Waals surface area contributed by atoms with E-state index in [9.17, 15) is 9.59 Å². The third-order valence-corrected chi connectivity index (χ3v) is 4.45. The molecule has 3 rings (SSSR count). The Balaban J connectivity index is 1.74. The second-order valence-corrected chi connectivity index (χ2v) is 6.55. The maximum Gasteiger partial charge on any atom is 0.267 e. The number of carbonyl (C=O) groups is 1. The fourth-order valence-corrected chi connectivity index (χ4v) is 2.81. The topological polar surface area (TPSA) is 82.5 Å². The summed E-state index contributed by atoms with van der Waals surface area (Å²) in [6, 6.07) is 16.2. The van der Waals surface area contributed by atoms with Crippen molar-refractivity contribution < 1.29 is 14.3 Å². The molecule has 1 N–H and O–H groups in total. The molecule has 1 amide bonds. The van der Waals surface area contributed by atoms with E-state index in [0.717, 1.165) is 21.4 Å². The Hall–Kier alpha value is -3.61. The first-order chi connectivity index (χ1) is 14.0. The minimum Gasteiger partial charge on any atom is -0.493 e.